The van der Waals surface area contributed by atoms with Crippen molar-refractivity contribution < 1.29 is 0 Å². The Labute approximate surface area is 142 Å². The maximum absolute atomic E-state index is 4.68. The number of aromatic nitrogens is 7. The average molecular weight is 337 g/mol. The molecule has 0 aromatic carbocycles. The number of aryl methyl sites for hydroxylation is 2. The van der Waals surface area contributed by atoms with E-state index in [-0.39, 0.29) is 0 Å². The molecule has 8 heteroatoms. The molecule has 0 aliphatic carbocycles. The second kappa shape index (κ2) is 6.04. The van der Waals surface area contributed by atoms with E-state index in [1.165, 1.54) is 0 Å². The summed E-state index contributed by atoms with van der Waals surface area (Å²) in [5.74, 6) is 1.44. The Kier molecular flexibility index (Phi) is 3.73. The average Bonchev–Trinajstić information content (AvgIpc) is 3.16. The third-order valence-electron chi connectivity index (χ3n) is 3.57. The number of nitrogens with one attached hydrogen (secondary N) is 1. The van der Waals surface area contributed by atoms with Gasteiger partial charge in [-0.25, -0.2) is 9.67 Å². The van der Waals surface area contributed by atoms with E-state index in [0.29, 0.717) is 5.82 Å². The lowest BCUT2D eigenvalue weighted by Gasteiger charge is -2.02. The molecule has 0 aliphatic heterocycles. The number of imidazole rings is 1. The molecule has 4 aromatic heterocycles. The minimum absolute atomic E-state index is 0.641. The first-order chi connectivity index (χ1) is 11.7. The van der Waals surface area contributed by atoms with Crippen molar-refractivity contribution in [2.24, 2.45) is 0 Å². The summed E-state index contributed by atoms with van der Waals surface area (Å²) in [6, 6.07) is 5.99. The number of fused-ring (bicyclic) bond motifs is 1. The van der Waals surface area contributed by atoms with Gasteiger partial charge in [-0.15, -0.1) is 5.10 Å². The van der Waals surface area contributed by atoms with Gasteiger partial charge >= 0.3 is 0 Å². The molecule has 1 N–H and O–H groups in total. The zero-order valence-electron chi connectivity index (χ0n) is 13.3. The van der Waals surface area contributed by atoms with Crippen molar-refractivity contribution >= 4 is 22.8 Å². The quantitative estimate of drug-likeness (QED) is 0.576. The van der Waals surface area contributed by atoms with Crippen molar-refractivity contribution in [3.05, 3.63) is 53.7 Å². The maximum Gasteiger partial charge on any atom is 0.204 e. The Balaban J connectivity index is 1.68. The SMILES string of the molecule is Cc1cc(C)n(-c2nncc3[nH]c(SCc4cccnc4)nc23)n1. The molecular weight excluding hydrogens is 322 g/mol. The van der Waals surface area contributed by atoms with Crippen LogP contribution in [0.5, 0.6) is 0 Å². The summed E-state index contributed by atoms with van der Waals surface area (Å²) in [5.41, 5.74) is 4.71. The molecule has 0 saturated carbocycles. The van der Waals surface area contributed by atoms with Crippen molar-refractivity contribution in [2.75, 3.05) is 0 Å². The molecule has 0 radical (unpaired) electrons. The fraction of sp³-hybridized carbons (Fsp3) is 0.188. The number of rotatable bonds is 4. The number of thioether (sulfide) groups is 1. The summed E-state index contributed by atoms with van der Waals surface area (Å²) >= 11 is 1.62. The molecule has 0 bridgehead atoms. The van der Waals surface area contributed by atoms with E-state index in [1.54, 1.807) is 28.8 Å². The Bertz CT molecular complexity index is 990. The van der Waals surface area contributed by atoms with Gasteiger partial charge in [-0.1, -0.05) is 17.8 Å². The van der Waals surface area contributed by atoms with E-state index < -0.39 is 0 Å². The largest absolute Gasteiger partial charge is 0.331 e. The van der Waals surface area contributed by atoms with E-state index in [2.05, 4.69) is 30.2 Å². The number of hydrogen-bond acceptors (Lipinski definition) is 6. The molecule has 4 aromatic rings. The van der Waals surface area contributed by atoms with Gasteiger partial charge in [-0.3, -0.25) is 4.98 Å². The van der Waals surface area contributed by atoms with Crippen LogP contribution in [-0.4, -0.2) is 34.9 Å². The Morgan fingerprint density at radius 3 is 2.92 bits per heavy atom. The van der Waals surface area contributed by atoms with Crippen LogP contribution < -0.4 is 0 Å². The van der Waals surface area contributed by atoms with Crippen molar-refractivity contribution in [2.45, 2.75) is 24.8 Å². The van der Waals surface area contributed by atoms with Crippen LogP contribution in [0.4, 0.5) is 0 Å². The minimum atomic E-state index is 0.641. The van der Waals surface area contributed by atoms with Gasteiger partial charge in [0, 0.05) is 23.8 Å². The first-order valence-corrected chi connectivity index (χ1v) is 8.46. The highest BCUT2D eigenvalue weighted by molar-refractivity contribution is 7.98. The molecule has 0 unspecified atom stereocenters. The minimum Gasteiger partial charge on any atom is -0.331 e. The van der Waals surface area contributed by atoms with E-state index in [4.69, 9.17) is 0 Å². The topological polar surface area (TPSA) is 85.2 Å². The lowest BCUT2D eigenvalue weighted by molar-refractivity contribution is 0.789. The lowest BCUT2D eigenvalue weighted by Crippen LogP contribution is -2.04. The Morgan fingerprint density at radius 2 is 2.17 bits per heavy atom. The fourth-order valence-corrected chi connectivity index (χ4v) is 3.32. The van der Waals surface area contributed by atoms with Crippen LogP contribution in [0.1, 0.15) is 17.0 Å². The smallest absolute Gasteiger partial charge is 0.204 e. The Hall–Kier alpha value is -2.74. The maximum atomic E-state index is 4.68. The molecule has 4 rings (SSSR count). The monoisotopic (exact) mass is 337 g/mol. The highest BCUT2D eigenvalue weighted by Gasteiger charge is 2.14. The van der Waals surface area contributed by atoms with Crippen LogP contribution >= 0.6 is 11.8 Å². The van der Waals surface area contributed by atoms with Crippen LogP contribution in [0.25, 0.3) is 16.9 Å². The highest BCUT2D eigenvalue weighted by Crippen LogP contribution is 2.25. The van der Waals surface area contributed by atoms with Gasteiger partial charge < -0.3 is 4.98 Å². The molecule has 0 atom stereocenters. The van der Waals surface area contributed by atoms with Gasteiger partial charge in [0.15, 0.2) is 5.16 Å². The second-order valence-corrected chi connectivity index (χ2v) is 6.43. The predicted octanol–water partition coefficient (Wildman–Crippen LogP) is 2.84. The standard InChI is InChI=1S/C16H15N7S/c1-10-6-11(2)23(22-10)15-14-13(8-18-21-15)19-16(20-14)24-9-12-4-3-5-17-7-12/h3-8H,9H2,1-2H3,(H,19,20). The highest BCUT2D eigenvalue weighted by atomic mass is 32.2. The predicted molar refractivity (Wildman–Crippen MR) is 92.1 cm³/mol. The summed E-state index contributed by atoms with van der Waals surface area (Å²) in [5, 5.41) is 13.6. The zero-order chi connectivity index (χ0) is 16.5. The van der Waals surface area contributed by atoms with Crippen LogP contribution in [0, 0.1) is 13.8 Å². The zero-order valence-corrected chi connectivity index (χ0v) is 14.1. The van der Waals surface area contributed by atoms with Crippen LogP contribution in [0.3, 0.4) is 0 Å². The number of pyridine rings is 1. The summed E-state index contributed by atoms with van der Waals surface area (Å²) < 4.78 is 1.78. The molecule has 7 nitrogen and oxygen atoms in total. The molecule has 0 fully saturated rings. The van der Waals surface area contributed by atoms with E-state index >= 15 is 0 Å². The van der Waals surface area contributed by atoms with E-state index in [0.717, 1.165) is 38.9 Å². The molecule has 24 heavy (non-hydrogen) atoms. The van der Waals surface area contributed by atoms with Gasteiger partial charge in [0.1, 0.15) is 5.52 Å². The third-order valence-corrected chi connectivity index (χ3v) is 4.51. The molecular formula is C16H15N7S. The number of hydrogen-bond donors (Lipinski definition) is 1. The van der Waals surface area contributed by atoms with Gasteiger partial charge in [0.25, 0.3) is 0 Å². The summed E-state index contributed by atoms with van der Waals surface area (Å²) in [4.78, 5) is 12.1. The van der Waals surface area contributed by atoms with Gasteiger partial charge in [-0.05, 0) is 31.5 Å². The van der Waals surface area contributed by atoms with Crippen molar-refractivity contribution in [1.29, 1.82) is 0 Å². The Morgan fingerprint density at radius 1 is 1.25 bits per heavy atom. The molecule has 120 valence electrons. The van der Waals surface area contributed by atoms with E-state index in [1.807, 2.05) is 38.2 Å². The number of aromatic amines is 1. The second-order valence-electron chi connectivity index (χ2n) is 5.46. The van der Waals surface area contributed by atoms with Gasteiger partial charge in [-0.2, -0.15) is 10.2 Å². The normalized spacial score (nSPS) is 11.2. The molecule has 0 spiro atoms. The van der Waals surface area contributed by atoms with Crippen LogP contribution in [-0.2, 0) is 5.75 Å². The molecule has 0 aliphatic rings. The third kappa shape index (κ3) is 2.76. The van der Waals surface area contributed by atoms with Gasteiger partial charge in [0.2, 0.25) is 5.82 Å². The summed E-state index contributed by atoms with van der Waals surface area (Å²) in [7, 11) is 0. The summed E-state index contributed by atoms with van der Waals surface area (Å²) in [6.07, 6.45) is 5.32. The van der Waals surface area contributed by atoms with Crippen molar-refractivity contribution in [3.63, 3.8) is 0 Å². The number of nitrogens with zero attached hydrogens (tertiary/aromatic N) is 6. The van der Waals surface area contributed by atoms with Crippen LogP contribution in [0.15, 0.2) is 41.9 Å². The molecule has 4 heterocycles. The lowest BCUT2D eigenvalue weighted by atomic mass is 10.3. The van der Waals surface area contributed by atoms with Crippen LogP contribution in [0.2, 0.25) is 0 Å². The summed E-state index contributed by atoms with van der Waals surface area (Å²) in [6.45, 7) is 3.95. The van der Waals surface area contributed by atoms with Crippen molar-refractivity contribution in [1.82, 2.24) is 34.9 Å². The first kappa shape index (κ1) is 14.8. The molecule has 0 saturated heterocycles. The molecule has 0 amide bonds. The first-order valence-electron chi connectivity index (χ1n) is 7.47. The van der Waals surface area contributed by atoms with Crippen molar-refractivity contribution in [3.8, 4) is 5.82 Å². The van der Waals surface area contributed by atoms with Gasteiger partial charge in [0.05, 0.1) is 17.4 Å². The fourth-order valence-electron chi connectivity index (χ4n) is 2.51. The number of H-pyrrole nitrogens is 1. The van der Waals surface area contributed by atoms with E-state index in [9.17, 15) is 0 Å².